The first-order valence-electron chi connectivity index (χ1n) is 14.6. The molecule has 0 radical (unpaired) electrons. The van der Waals surface area contributed by atoms with Crippen LogP contribution in [0.2, 0.25) is 0 Å². The van der Waals surface area contributed by atoms with Gasteiger partial charge in [-0.25, -0.2) is 8.78 Å². The number of halogens is 2. The monoisotopic (exact) mass is 579 g/mol. The fourth-order valence-corrected chi connectivity index (χ4v) is 4.84. The number of amides is 2. The minimum atomic E-state index is -1.07. The molecule has 0 aliphatic rings. The molecule has 3 N–H and O–H groups in total. The number of unbranched alkanes of at least 4 members (excludes halogenated alkanes) is 1. The average Bonchev–Trinajstić information content (AvgIpc) is 2.94. The lowest BCUT2D eigenvalue weighted by Crippen LogP contribution is -2.48. The number of nitrogens with one attached hydrogen (secondary N) is 2. The summed E-state index contributed by atoms with van der Waals surface area (Å²) in [6, 6.07) is 15.4. The second-order valence-corrected chi connectivity index (χ2v) is 11.3. The van der Waals surface area contributed by atoms with Gasteiger partial charge in [0.05, 0.1) is 12.1 Å². The van der Waals surface area contributed by atoms with Crippen molar-refractivity contribution in [2.24, 2.45) is 0 Å². The molecule has 0 fully saturated rings. The van der Waals surface area contributed by atoms with Crippen LogP contribution >= 0.6 is 0 Å². The van der Waals surface area contributed by atoms with Crippen LogP contribution in [0.3, 0.4) is 0 Å². The molecule has 0 aliphatic carbocycles. The predicted octanol–water partition coefficient (Wildman–Crippen LogP) is 5.76. The smallest absolute Gasteiger partial charge is 0.253 e. The highest BCUT2D eigenvalue weighted by Gasteiger charge is 2.24. The topological polar surface area (TPSA) is 81.7 Å². The van der Waals surface area contributed by atoms with E-state index in [2.05, 4.69) is 43.5 Å². The Labute approximate surface area is 248 Å². The summed E-state index contributed by atoms with van der Waals surface area (Å²) in [5.74, 6) is -1.76. The van der Waals surface area contributed by atoms with Gasteiger partial charge >= 0.3 is 0 Å². The number of hydrogen-bond acceptors (Lipinski definition) is 4. The summed E-state index contributed by atoms with van der Waals surface area (Å²) in [7, 11) is 1.73. The van der Waals surface area contributed by atoms with E-state index in [4.69, 9.17) is 0 Å². The number of hydrogen-bond donors (Lipinski definition) is 3. The second kappa shape index (κ2) is 15.6. The van der Waals surface area contributed by atoms with E-state index in [1.807, 2.05) is 12.1 Å². The van der Waals surface area contributed by atoms with Gasteiger partial charge in [0.25, 0.3) is 11.8 Å². The third-order valence-electron chi connectivity index (χ3n) is 7.24. The van der Waals surface area contributed by atoms with Gasteiger partial charge in [0.15, 0.2) is 0 Å². The molecule has 0 saturated carbocycles. The molecule has 2 atom stereocenters. The van der Waals surface area contributed by atoms with Gasteiger partial charge in [-0.15, -0.1) is 0 Å². The van der Waals surface area contributed by atoms with Crippen molar-refractivity contribution in [1.82, 2.24) is 15.5 Å². The lowest BCUT2D eigenvalue weighted by Gasteiger charge is -2.25. The third kappa shape index (κ3) is 9.74. The molecule has 0 heterocycles. The fraction of sp³-hybridized carbons (Fsp3) is 0.412. The summed E-state index contributed by atoms with van der Waals surface area (Å²) in [6.45, 7) is 9.34. The normalized spacial score (nSPS) is 12.7. The van der Waals surface area contributed by atoms with Crippen LogP contribution in [-0.2, 0) is 13.0 Å². The zero-order chi connectivity index (χ0) is 30.8. The van der Waals surface area contributed by atoms with Crippen molar-refractivity contribution in [2.75, 3.05) is 20.1 Å². The number of aliphatic hydroxyl groups excluding tert-OH is 1. The van der Waals surface area contributed by atoms with Crippen molar-refractivity contribution in [1.29, 1.82) is 0 Å². The van der Waals surface area contributed by atoms with Crippen LogP contribution in [0.5, 0.6) is 0 Å². The summed E-state index contributed by atoms with van der Waals surface area (Å²) < 4.78 is 27.9. The quantitative estimate of drug-likeness (QED) is 0.227. The van der Waals surface area contributed by atoms with E-state index >= 15 is 0 Å². The highest BCUT2D eigenvalue weighted by Crippen LogP contribution is 2.17. The SMILES string of the molecule is CCCCN(C)C(=O)c1cc(C)cc(C(=O)N[C@@H](Cc2cc(F)cc(F)c2)[C@H](O)CNCc2cccc(C(C)C)c2)c1. The van der Waals surface area contributed by atoms with Gasteiger partial charge in [0, 0.05) is 43.9 Å². The Balaban J connectivity index is 1.78. The Morgan fingerprint density at radius 1 is 0.952 bits per heavy atom. The maximum absolute atomic E-state index is 14.0. The van der Waals surface area contributed by atoms with Crippen LogP contribution in [0.25, 0.3) is 0 Å². The predicted molar refractivity (Wildman–Crippen MR) is 163 cm³/mol. The van der Waals surface area contributed by atoms with Crippen molar-refractivity contribution in [3.8, 4) is 0 Å². The van der Waals surface area contributed by atoms with E-state index in [1.165, 1.54) is 17.7 Å². The highest BCUT2D eigenvalue weighted by atomic mass is 19.1. The fourth-order valence-electron chi connectivity index (χ4n) is 4.84. The Morgan fingerprint density at radius 3 is 2.31 bits per heavy atom. The van der Waals surface area contributed by atoms with Gasteiger partial charge in [0.2, 0.25) is 0 Å². The van der Waals surface area contributed by atoms with Crippen LogP contribution in [0.1, 0.15) is 82.5 Å². The maximum Gasteiger partial charge on any atom is 0.253 e. The molecule has 226 valence electrons. The second-order valence-electron chi connectivity index (χ2n) is 11.3. The molecule has 0 saturated heterocycles. The van der Waals surface area contributed by atoms with E-state index in [1.54, 1.807) is 37.1 Å². The first-order valence-corrected chi connectivity index (χ1v) is 14.6. The molecule has 0 aliphatic heterocycles. The first kappa shape index (κ1) is 32.9. The Kier molecular flexibility index (Phi) is 12.2. The van der Waals surface area contributed by atoms with Crippen LogP contribution < -0.4 is 10.6 Å². The lowest BCUT2D eigenvalue weighted by molar-refractivity contribution is 0.0793. The van der Waals surface area contributed by atoms with E-state index in [0.717, 1.165) is 30.0 Å². The molecule has 2 amide bonds. The number of aliphatic hydroxyl groups is 1. The number of carbonyl (C=O) groups excluding carboxylic acids is 2. The molecule has 0 aromatic heterocycles. The summed E-state index contributed by atoms with van der Waals surface area (Å²) in [5.41, 5.74) is 3.98. The summed E-state index contributed by atoms with van der Waals surface area (Å²) in [6.07, 6.45) is 0.763. The average molecular weight is 580 g/mol. The molecule has 3 aromatic rings. The molecular weight excluding hydrogens is 536 g/mol. The number of nitrogens with zero attached hydrogens (tertiary/aromatic N) is 1. The van der Waals surface area contributed by atoms with Crippen molar-refractivity contribution >= 4 is 11.8 Å². The van der Waals surface area contributed by atoms with Crippen molar-refractivity contribution in [3.63, 3.8) is 0 Å². The summed E-state index contributed by atoms with van der Waals surface area (Å²) >= 11 is 0. The molecule has 8 heteroatoms. The third-order valence-corrected chi connectivity index (χ3v) is 7.24. The van der Waals surface area contributed by atoms with E-state index in [0.29, 0.717) is 30.1 Å². The Bertz CT molecular complexity index is 1340. The van der Waals surface area contributed by atoms with Gasteiger partial charge < -0.3 is 20.6 Å². The molecule has 0 spiro atoms. The summed E-state index contributed by atoms with van der Waals surface area (Å²) in [5, 5.41) is 17.2. The maximum atomic E-state index is 14.0. The number of rotatable bonds is 14. The van der Waals surface area contributed by atoms with Gasteiger partial charge in [-0.2, -0.15) is 0 Å². The van der Waals surface area contributed by atoms with Crippen LogP contribution in [-0.4, -0.2) is 54.1 Å². The molecule has 3 rings (SSSR count). The van der Waals surface area contributed by atoms with Crippen LogP contribution in [0.4, 0.5) is 8.78 Å². The Morgan fingerprint density at radius 2 is 1.64 bits per heavy atom. The van der Waals surface area contributed by atoms with E-state index in [9.17, 15) is 23.5 Å². The van der Waals surface area contributed by atoms with Crippen LogP contribution in [0, 0.1) is 18.6 Å². The van der Waals surface area contributed by atoms with Crippen molar-refractivity contribution < 1.29 is 23.5 Å². The molecular formula is C34H43F2N3O3. The van der Waals surface area contributed by atoms with Gasteiger partial charge in [-0.1, -0.05) is 51.5 Å². The minimum absolute atomic E-state index is 0.00343. The largest absolute Gasteiger partial charge is 0.390 e. The van der Waals surface area contributed by atoms with Crippen molar-refractivity contribution in [3.05, 3.63) is 106 Å². The van der Waals surface area contributed by atoms with Gasteiger partial charge in [0.1, 0.15) is 11.6 Å². The molecule has 0 bridgehead atoms. The number of carbonyl (C=O) groups is 2. The Hall–Kier alpha value is -3.62. The zero-order valence-corrected chi connectivity index (χ0v) is 25.2. The highest BCUT2D eigenvalue weighted by molar-refractivity contribution is 6.00. The standard InChI is InChI=1S/C34H43F2N3O3/c1-6-7-11-39(5)34(42)28-13-23(4)12-27(18-28)33(41)38-31(17-25-15-29(35)19-30(36)16-25)32(40)21-37-20-24-9-8-10-26(14-24)22(2)3/h8-10,12-16,18-19,22,31-32,37,40H,6-7,11,17,20-21H2,1-5H3,(H,38,41)/t31-,32+/m0/s1. The van der Waals surface area contributed by atoms with Crippen LogP contribution in [0.15, 0.2) is 60.7 Å². The van der Waals surface area contributed by atoms with Gasteiger partial charge in [-0.05, 0) is 78.3 Å². The van der Waals surface area contributed by atoms with E-state index in [-0.39, 0.29) is 24.4 Å². The van der Waals surface area contributed by atoms with Gasteiger partial charge in [-0.3, -0.25) is 9.59 Å². The molecule has 42 heavy (non-hydrogen) atoms. The van der Waals surface area contributed by atoms with E-state index < -0.39 is 29.7 Å². The molecule has 0 unspecified atom stereocenters. The number of benzene rings is 3. The number of aryl methyl sites for hydroxylation is 1. The first-order chi connectivity index (χ1) is 20.0. The molecule has 3 aromatic carbocycles. The lowest BCUT2D eigenvalue weighted by atomic mass is 9.99. The summed E-state index contributed by atoms with van der Waals surface area (Å²) in [4.78, 5) is 28.0. The zero-order valence-electron chi connectivity index (χ0n) is 25.2. The van der Waals surface area contributed by atoms with Crippen molar-refractivity contribution in [2.45, 2.75) is 71.6 Å². The minimum Gasteiger partial charge on any atom is -0.390 e. The molecule has 6 nitrogen and oxygen atoms in total.